The van der Waals surface area contributed by atoms with Crippen molar-refractivity contribution in [1.82, 2.24) is 5.32 Å². The second-order valence-corrected chi connectivity index (χ2v) is 3.42. The van der Waals surface area contributed by atoms with Gasteiger partial charge in [0.05, 0.1) is 6.61 Å². The number of urea groups is 1. The van der Waals surface area contributed by atoms with Crippen LogP contribution >= 0.6 is 0 Å². The number of para-hydroxylation sites is 1. The van der Waals surface area contributed by atoms with Crippen molar-refractivity contribution < 1.29 is 9.53 Å². The molecule has 2 N–H and O–H groups in total. The van der Waals surface area contributed by atoms with E-state index < -0.39 is 0 Å². The molecule has 0 aromatic heterocycles. The second-order valence-electron chi connectivity index (χ2n) is 3.42. The minimum atomic E-state index is -0.242. The molecular weight excluding hydrogens is 216 g/mol. The molecule has 0 aliphatic carbocycles. The Bertz CT molecular complexity index is 377. The largest absolute Gasteiger partial charge is 0.377 e. The summed E-state index contributed by atoms with van der Waals surface area (Å²) in [5.74, 6) is 0. The molecule has 0 aliphatic heterocycles. The maximum absolute atomic E-state index is 11.5. The third-order valence-corrected chi connectivity index (χ3v) is 2.13. The maximum Gasteiger partial charge on any atom is 0.319 e. The first-order valence-electron chi connectivity index (χ1n) is 5.59. The Morgan fingerprint density at radius 1 is 1.47 bits per heavy atom. The molecule has 0 saturated heterocycles. The van der Waals surface area contributed by atoms with Crippen molar-refractivity contribution in [2.75, 3.05) is 18.5 Å². The van der Waals surface area contributed by atoms with Crippen molar-refractivity contribution >= 4 is 11.7 Å². The lowest BCUT2D eigenvalue weighted by atomic mass is 10.2. The van der Waals surface area contributed by atoms with Gasteiger partial charge in [0, 0.05) is 24.4 Å². The van der Waals surface area contributed by atoms with E-state index in [2.05, 4.69) is 17.2 Å². The van der Waals surface area contributed by atoms with Crippen LogP contribution in [0.25, 0.3) is 0 Å². The average molecular weight is 234 g/mol. The van der Waals surface area contributed by atoms with Crippen LogP contribution in [-0.2, 0) is 11.3 Å². The lowest BCUT2D eigenvalue weighted by molar-refractivity contribution is 0.134. The molecule has 0 unspecified atom stereocenters. The van der Waals surface area contributed by atoms with Gasteiger partial charge in [0.15, 0.2) is 0 Å². The van der Waals surface area contributed by atoms with Crippen LogP contribution in [0.3, 0.4) is 0 Å². The lowest BCUT2D eigenvalue weighted by Gasteiger charge is -2.11. The highest BCUT2D eigenvalue weighted by atomic mass is 16.5. The summed E-state index contributed by atoms with van der Waals surface area (Å²) in [7, 11) is 0. The highest BCUT2D eigenvalue weighted by molar-refractivity contribution is 5.90. The fourth-order valence-corrected chi connectivity index (χ4v) is 1.31. The summed E-state index contributed by atoms with van der Waals surface area (Å²) >= 11 is 0. The molecule has 0 aliphatic rings. The van der Waals surface area contributed by atoms with E-state index in [-0.39, 0.29) is 6.03 Å². The minimum absolute atomic E-state index is 0.242. The van der Waals surface area contributed by atoms with E-state index in [0.29, 0.717) is 19.8 Å². The first-order valence-corrected chi connectivity index (χ1v) is 5.59. The van der Waals surface area contributed by atoms with E-state index in [0.717, 1.165) is 11.3 Å². The third kappa shape index (κ3) is 4.70. The van der Waals surface area contributed by atoms with Crippen LogP contribution in [-0.4, -0.2) is 19.2 Å². The second kappa shape index (κ2) is 7.46. The number of hydrogen-bond donors (Lipinski definition) is 2. The molecule has 2 amide bonds. The first-order chi connectivity index (χ1) is 8.27. The maximum atomic E-state index is 11.5. The fraction of sp³-hybridized carbons (Fsp3) is 0.308. The van der Waals surface area contributed by atoms with E-state index in [9.17, 15) is 4.79 Å². The Hall–Kier alpha value is -1.81. The predicted molar refractivity (Wildman–Crippen MR) is 69.0 cm³/mol. The molecule has 4 heteroatoms. The van der Waals surface area contributed by atoms with Gasteiger partial charge in [-0.1, -0.05) is 24.3 Å². The molecule has 1 rings (SSSR count). The monoisotopic (exact) mass is 234 g/mol. The Kier molecular flexibility index (Phi) is 5.82. The van der Waals surface area contributed by atoms with Crippen molar-refractivity contribution in [3.8, 4) is 0 Å². The zero-order valence-corrected chi connectivity index (χ0v) is 10.0. The van der Waals surface area contributed by atoms with Crippen LogP contribution in [0.2, 0.25) is 0 Å². The number of nitrogens with one attached hydrogen (secondary N) is 2. The predicted octanol–water partition coefficient (Wildman–Crippen LogP) is 2.53. The van der Waals surface area contributed by atoms with Gasteiger partial charge in [-0.05, 0) is 13.0 Å². The number of hydrogen-bond acceptors (Lipinski definition) is 2. The molecule has 1 aromatic rings. The zero-order valence-electron chi connectivity index (χ0n) is 10.0. The van der Waals surface area contributed by atoms with Gasteiger partial charge in [-0.25, -0.2) is 4.79 Å². The molecule has 0 heterocycles. The minimum Gasteiger partial charge on any atom is -0.377 e. The molecule has 0 spiro atoms. The molecule has 0 atom stereocenters. The fourth-order valence-electron chi connectivity index (χ4n) is 1.31. The van der Waals surface area contributed by atoms with E-state index in [4.69, 9.17) is 4.74 Å². The molecule has 17 heavy (non-hydrogen) atoms. The van der Waals surface area contributed by atoms with Crippen molar-refractivity contribution in [3.63, 3.8) is 0 Å². The van der Waals surface area contributed by atoms with Crippen LogP contribution in [0.4, 0.5) is 10.5 Å². The SMILES string of the molecule is C=CCNC(=O)Nc1ccccc1COCC. The van der Waals surface area contributed by atoms with Crippen LogP contribution in [0.5, 0.6) is 0 Å². The topological polar surface area (TPSA) is 50.4 Å². The summed E-state index contributed by atoms with van der Waals surface area (Å²) in [6, 6.07) is 7.33. The van der Waals surface area contributed by atoms with Crippen LogP contribution < -0.4 is 10.6 Å². The van der Waals surface area contributed by atoms with Crippen molar-refractivity contribution in [2.45, 2.75) is 13.5 Å². The number of carbonyl (C=O) groups is 1. The van der Waals surface area contributed by atoms with Gasteiger partial charge >= 0.3 is 6.03 Å². The summed E-state index contributed by atoms with van der Waals surface area (Å²) in [6.45, 7) is 7.06. The molecule has 0 bridgehead atoms. The number of amides is 2. The van der Waals surface area contributed by atoms with Gasteiger partial charge in [-0.3, -0.25) is 0 Å². The molecule has 92 valence electrons. The summed E-state index contributed by atoms with van der Waals surface area (Å²) in [4.78, 5) is 11.5. The number of anilines is 1. The smallest absolute Gasteiger partial charge is 0.319 e. The summed E-state index contributed by atoms with van der Waals surface area (Å²) in [6.07, 6.45) is 1.63. The van der Waals surface area contributed by atoms with E-state index in [1.54, 1.807) is 6.08 Å². The van der Waals surface area contributed by atoms with E-state index in [1.807, 2.05) is 31.2 Å². The molecule has 1 aromatic carbocycles. The van der Waals surface area contributed by atoms with Gasteiger partial charge in [0.25, 0.3) is 0 Å². The Balaban J connectivity index is 2.62. The summed E-state index contributed by atoms with van der Waals surface area (Å²) in [5, 5.41) is 5.43. The summed E-state index contributed by atoms with van der Waals surface area (Å²) in [5.41, 5.74) is 1.73. The van der Waals surface area contributed by atoms with Gasteiger partial charge < -0.3 is 15.4 Å². The highest BCUT2D eigenvalue weighted by Gasteiger charge is 2.04. The number of ether oxygens (including phenoxy) is 1. The molecule has 0 saturated carbocycles. The van der Waals surface area contributed by atoms with Gasteiger partial charge in [0.2, 0.25) is 0 Å². The van der Waals surface area contributed by atoms with Gasteiger partial charge in [-0.15, -0.1) is 6.58 Å². The van der Waals surface area contributed by atoms with Crippen LogP contribution in [0, 0.1) is 0 Å². The molecule has 0 fully saturated rings. The van der Waals surface area contributed by atoms with Crippen LogP contribution in [0.1, 0.15) is 12.5 Å². The third-order valence-electron chi connectivity index (χ3n) is 2.13. The van der Waals surface area contributed by atoms with Gasteiger partial charge in [0.1, 0.15) is 0 Å². The van der Waals surface area contributed by atoms with Gasteiger partial charge in [-0.2, -0.15) is 0 Å². The van der Waals surface area contributed by atoms with Crippen molar-refractivity contribution in [3.05, 3.63) is 42.5 Å². The first kappa shape index (κ1) is 13.3. The lowest BCUT2D eigenvalue weighted by Crippen LogP contribution is -2.29. The molecular formula is C13H18N2O2. The Labute approximate surface area is 102 Å². The molecule has 0 radical (unpaired) electrons. The quantitative estimate of drug-likeness (QED) is 0.743. The van der Waals surface area contributed by atoms with Crippen molar-refractivity contribution in [1.29, 1.82) is 0 Å². The Morgan fingerprint density at radius 2 is 2.24 bits per heavy atom. The average Bonchev–Trinajstić information content (AvgIpc) is 2.35. The number of carbonyl (C=O) groups excluding carboxylic acids is 1. The number of rotatable bonds is 6. The van der Waals surface area contributed by atoms with Crippen LogP contribution in [0.15, 0.2) is 36.9 Å². The van der Waals surface area contributed by atoms with E-state index in [1.165, 1.54) is 0 Å². The normalized spacial score (nSPS) is 9.71. The Morgan fingerprint density at radius 3 is 2.94 bits per heavy atom. The highest BCUT2D eigenvalue weighted by Crippen LogP contribution is 2.15. The number of benzene rings is 1. The zero-order chi connectivity index (χ0) is 12.5. The van der Waals surface area contributed by atoms with Crippen molar-refractivity contribution in [2.24, 2.45) is 0 Å². The molecule has 4 nitrogen and oxygen atoms in total. The van der Waals surface area contributed by atoms with E-state index >= 15 is 0 Å². The summed E-state index contributed by atoms with van der Waals surface area (Å²) < 4.78 is 5.34. The standard InChI is InChI=1S/C13H18N2O2/c1-3-9-14-13(16)15-12-8-6-5-7-11(12)10-17-4-2/h3,5-8H,1,4,9-10H2,2H3,(H2,14,15,16).